The highest BCUT2D eigenvalue weighted by Gasteiger charge is 2.05. The fourth-order valence-electron chi connectivity index (χ4n) is 1.76. The number of ether oxygens (including phenoxy) is 1. The first-order chi connectivity index (χ1) is 9.72. The lowest BCUT2D eigenvalue weighted by molar-refractivity contribution is 0.215. The summed E-state index contributed by atoms with van der Waals surface area (Å²) in [5.74, 6) is 0.954. The van der Waals surface area contributed by atoms with Gasteiger partial charge in [0.05, 0.1) is 5.35 Å². The Morgan fingerprint density at radius 3 is 2.50 bits per heavy atom. The molecular formula is C16H16N2O2. The Morgan fingerprint density at radius 1 is 1.10 bits per heavy atom. The summed E-state index contributed by atoms with van der Waals surface area (Å²) in [4.78, 5) is 16.1. The lowest BCUT2D eigenvalue weighted by Crippen LogP contribution is -2.29. The molecule has 0 saturated carbocycles. The number of nitrogens with one attached hydrogen (secondary N) is 1. The van der Waals surface area contributed by atoms with Gasteiger partial charge in [0.15, 0.2) is 0 Å². The van der Waals surface area contributed by atoms with E-state index < -0.39 is 6.09 Å². The Balaban J connectivity index is 2.13. The van der Waals surface area contributed by atoms with Crippen molar-refractivity contribution in [3.05, 3.63) is 53.0 Å². The molecule has 4 nitrogen and oxygen atoms in total. The molecule has 0 unspecified atom stereocenters. The van der Waals surface area contributed by atoms with Gasteiger partial charge < -0.3 is 4.74 Å². The van der Waals surface area contributed by atoms with Crippen molar-refractivity contribution < 1.29 is 9.53 Å². The van der Waals surface area contributed by atoms with Crippen molar-refractivity contribution in [3.8, 4) is 5.75 Å². The molecular weight excluding hydrogens is 252 g/mol. The molecule has 4 heteroatoms. The molecule has 1 aromatic carbocycles. The van der Waals surface area contributed by atoms with Crippen molar-refractivity contribution in [2.45, 2.75) is 13.8 Å². The van der Waals surface area contributed by atoms with Crippen molar-refractivity contribution >= 4 is 24.1 Å². The minimum atomic E-state index is -0.556. The molecule has 1 N–H and O–H groups in total. The maximum Gasteiger partial charge on any atom is 0.418 e. The van der Waals surface area contributed by atoms with Crippen LogP contribution >= 0.6 is 0 Å². The van der Waals surface area contributed by atoms with E-state index in [2.05, 4.69) is 10.3 Å². The Hall–Kier alpha value is -2.62. The van der Waals surface area contributed by atoms with Gasteiger partial charge in [-0.2, -0.15) is 0 Å². The summed E-state index contributed by atoms with van der Waals surface area (Å²) in [6.45, 7) is 3.85. The summed E-state index contributed by atoms with van der Waals surface area (Å²) in [7, 11) is 0. The Labute approximate surface area is 117 Å². The smallest absolute Gasteiger partial charge is 0.410 e. The zero-order chi connectivity index (χ0) is 14.4. The van der Waals surface area contributed by atoms with Crippen LogP contribution < -0.4 is 20.6 Å². The fourth-order valence-corrected chi connectivity index (χ4v) is 1.76. The minimum absolute atomic E-state index is 0.463. The normalized spacial score (nSPS) is 12.3. The van der Waals surface area contributed by atoms with Gasteiger partial charge >= 0.3 is 6.09 Å². The minimum Gasteiger partial charge on any atom is -0.410 e. The van der Waals surface area contributed by atoms with E-state index in [0.29, 0.717) is 11.6 Å². The second kappa shape index (κ2) is 6.52. The fraction of sp³-hybridized carbons (Fsp3) is 0.125. The zero-order valence-corrected chi connectivity index (χ0v) is 11.5. The molecule has 0 aliphatic carbocycles. The maximum atomic E-state index is 11.7. The predicted molar refractivity (Wildman–Crippen MR) is 79.9 cm³/mol. The quantitative estimate of drug-likeness (QED) is 0.909. The molecule has 0 spiro atoms. The summed E-state index contributed by atoms with van der Waals surface area (Å²) < 4.78 is 5.14. The summed E-state index contributed by atoms with van der Waals surface area (Å²) in [6, 6.07) is 12.5. The highest BCUT2D eigenvalue weighted by molar-refractivity contribution is 5.85. The molecule has 1 aromatic heterocycles. The van der Waals surface area contributed by atoms with E-state index in [0.717, 1.165) is 10.6 Å². The van der Waals surface area contributed by atoms with Crippen LogP contribution in [0, 0.1) is 0 Å². The van der Waals surface area contributed by atoms with Crippen LogP contribution in [-0.2, 0) is 0 Å². The number of hydrogen-bond acceptors (Lipinski definition) is 3. The zero-order valence-electron chi connectivity index (χ0n) is 11.5. The highest BCUT2D eigenvalue weighted by atomic mass is 16.6. The van der Waals surface area contributed by atoms with Crippen molar-refractivity contribution in [1.29, 1.82) is 0 Å². The largest absolute Gasteiger partial charge is 0.418 e. The van der Waals surface area contributed by atoms with E-state index in [1.807, 2.05) is 38.1 Å². The van der Waals surface area contributed by atoms with Crippen molar-refractivity contribution in [3.63, 3.8) is 0 Å². The molecule has 102 valence electrons. The maximum absolute atomic E-state index is 11.7. The molecule has 0 bridgehead atoms. The predicted octanol–water partition coefficient (Wildman–Crippen LogP) is 2.29. The van der Waals surface area contributed by atoms with Gasteiger partial charge in [-0.15, -0.1) is 0 Å². The molecule has 0 aliphatic heterocycles. The number of anilines is 1. The number of rotatable bonds is 2. The van der Waals surface area contributed by atoms with Crippen LogP contribution in [0.25, 0.3) is 12.2 Å². The number of aromatic nitrogens is 1. The van der Waals surface area contributed by atoms with Gasteiger partial charge in [0.1, 0.15) is 11.6 Å². The topological polar surface area (TPSA) is 51.2 Å². The van der Waals surface area contributed by atoms with Gasteiger partial charge in [-0.3, -0.25) is 5.32 Å². The van der Waals surface area contributed by atoms with Crippen LogP contribution in [0.5, 0.6) is 5.75 Å². The molecule has 20 heavy (non-hydrogen) atoms. The summed E-state index contributed by atoms with van der Waals surface area (Å²) in [6.07, 6.45) is 3.30. The molecule has 2 aromatic rings. The molecule has 1 amide bonds. The monoisotopic (exact) mass is 268 g/mol. The number of pyridine rings is 1. The van der Waals surface area contributed by atoms with E-state index in [1.165, 1.54) is 0 Å². The summed E-state index contributed by atoms with van der Waals surface area (Å²) in [5, 5.41) is 4.46. The second-order valence-electron chi connectivity index (χ2n) is 4.08. The average Bonchev–Trinajstić information content (AvgIpc) is 2.48. The van der Waals surface area contributed by atoms with Crippen LogP contribution in [0.1, 0.15) is 13.8 Å². The first-order valence-electron chi connectivity index (χ1n) is 6.36. The molecule has 0 radical (unpaired) electrons. The standard InChI is InChI=1S/C16H16N2O2/c1-3-12-10-11-15(17-14(12)4-2)18-16(19)20-13-8-6-5-7-9-13/h3-11H,1-2H3,(H,17,18,19)/b12-3-,14-4+. The Bertz CT molecular complexity index is 709. The number of para-hydroxylation sites is 1. The molecule has 0 atom stereocenters. The van der Waals surface area contributed by atoms with Crippen LogP contribution in [0.2, 0.25) is 0 Å². The van der Waals surface area contributed by atoms with Crippen molar-refractivity contribution in [1.82, 2.24) is 4.98 Å². The third kappa shape index (κ3) is 3.45. The second-order valence-corrected chi connectivity index (χ2v) is 4.08. The molecule has 1 heterocycles. The van der Waals surface area contributed by atoms with E-state index in [4.69, 9.17) is 4.74 Å². The van der Waals surface area contributed by atoms with Crippen LogP contribution in [0.15, 0.2) is 42.5 Å². The number of carbonyl (C=O) groups is 1. The van der Waals surface area contributed by atoms with Gasteiger partial charge in [0.2, 0.25) is 0 Å². The lowest BCUT2D eigenvalue weighted by atomic mass is 10.3. The Morgan fingerprint density at radius 2 is 1.85 bits per heavy atom. The van der Waals surface area contributed by atoms with Crippen molar-refractivity contribution in [2.24, 2.45) is 0 Å². The van der Waals surface area contributed by atoms with Gasteiger partial charge in [0, 0.05) is 0 Å². The first kappa shape index (κ1) is 13.8. The van der Waals surface area contributed by atoms with Gasteiger partial charge in [-0.25, -0.2) is 9.78 Å². The number of carbonyl (C=O) groups excluding carboxylic acids is 1. The molecule has 0 fully saturated rings. The highest BCUT2D eigenvalue weighted by Crippen LogP contribution is 2.09. The average molecular weight is 268 g/mol. The molecule has 0 saturated heterocycles. The van der Waals surface area contributed by atoms with Crippen LogP contribution in [0.3, 0.4) is 0 Å². The van der Waals surface area contributed by atoms with E-state index in [-0.39, 0.29) is 0 Å². The number of nitrogens with zero attached hydrogens (tertiary/aromatic N) is 1. The van der Waals surface area contributed by atoms with Gasteiger partial charge in [0.25, 0.3) is 0 Å². The molecule has 2 rings (SSSR count). The first-order valence-corrected chi connectivity index (χ1v) is 6.36. The number of amides is 1. The van der Waals surface area contributed by atoms with E-state index >= 15 is 0 Å². The van der Waals surface area contributed by atoms with Crippen LogP contribution in [-0.4, -0.2) is 11.1 Å². The van der Waals surface area contributed by atoms with Crippen LogP contribution in [0.4, 0.5) is 10.6 Å². The Kier molecular flexibility index (Phi) is 4.50. The van der Waals surface area contributed by atoms with E-state index in [1.54, 1.807) is 30.3 Å². The summed E-state index contributed by atoms with van der Waals surface area (Å²) >= 11 is 0. The number of hydrogen-bond donors (Lipinski definition) is 1. The van der Waals surface area contributed by atoms with E-state index in [9.17, 15) is 4.79 Å². The third-order valence-corrected chi connectivity index (χ3v) is 2.73. The van der Waals surface area contributed by atoms with Gasteiger partial charge in [-0.05, 0) is 43.3 Å². The van der Waals surface area contributed by atoms with Crippen molar-refractivity contribution in [2.75, 3.05) is 5.32 Å². The number of benzene rings is 1. The lowest BCUT2D eigenvalue weighted by Gasteiger charge is -2.05. The SMILES string of the molecule is C/C=c1/ccc(NC(=O)Oc2ccccc2)n/c1=C/C. The summed E-state index contributed by atoms with van der Waals surface area (Å²) in [5.41, 5.74) is 0. The molecule has 0 aliphatic rings. The third-order valence-electron chi connectivity index (χ3n) is 2.73. The van der Waals surface area contributed by atoms with Gasteiger partial charge in [-0.1, -0.05) is 30.4 Å².